The second kappa shape index (κ2) is 6.44. The Morgan fingerprint density at radius 3 is 2.35 bits per heavy atom. The van der Waals surface area contributed by atoms with Crippen molar-refractivity contribution >= 4 is 29.4 Å². The topological polar surface area (TPSA) is 107 Å². The number of fused-ring (bicyclic) bond motifs is 1. The number of rotatable bonds is 4. The molecule has 0 unspecified atom stereocenters. The van der Waals surface area contributed by atoms with Gasteiger partial charge in [-0.25, -0.2) is 9.69 Å². The van der Waals surface area contributed by atoms with Gasteiger partial charge in [-0.1, -0.05) is 18.2 Å². The molecule has 1 aliphatic rings. The average Bonchev–Trinajstić information content (AvgIpc) is 2.86. The van der Waals surface area contributed by atoms with Crippen molar-refractivity contribution in [2.45, 2.75) is 20.0 Å². The van der Waals surface area contributed by atoms with Crippen LogP contribution >= 0.6 is 0 Å². The minimum atomic E-state index is -1.10. The molecule has 0 saturated carbocycles. The zero-order valence-electron chi connectivity index (χ0n) is 14.2. The zero-order chi connectivity index (χ0) is 19.0. The van der Waals surface area contributed by atoms with Crippen LogP contribution in [-0.2, 0) is 9.53 Å². The number of aryl methyl sites for hydroxylation is 1. The van der Waals surface area contributed by atoms with E-state index in [9.17, 15) is 19.2 Å². The number of hydrogen-bond donors (Lipinski definition) is 1. The lowest BCUT2D eigenvalue weighted by atomic mass is 10.1. The van der Waals surface area contributed by atoms with E-state index in [1.807, 2.05) is 6.07 Å². The van der Waals surface area contributed by atoms with Crippen LogP contribution in [0.2, 0.25) is 0 Å². The number of nitrogens with two attached hydrogens (primary N) is 1. The molecule has 0 saturated heterocycles. The SMILES string of the molecule is Cc1ccccc1N1C(=O)c2ccc(C(=O)O[C@@H](C)C(N)=O)cc2C1=O. The fourth-order valence-corrected chi connectivity index (χ4v) is 2.69. The number of imide groups is 1. The molecule has 132 valence electrons. The summed E-state index contributed by atoms with van der Waals surface area (Å²) in [5.41, 5.74) is 6.71. The predicted octanol–water partition coefficient (Wildman–Crippen LogP) is 1.83. The summed E-state index contributed by atoms with van der Waals surface area (Å²) in [4.78, 5) is 49.6. The number of esters is 1. The summed E-state index contributed by atoms with van der Waals surface area (Å²) in [7, 11) is 0. The molecule has 1 heterocycles. The first-order chi connectivity index (χ1) is 12.3. The van der Waals surface area contributed by atoms with Crippen molar-refractivity contribution in [1.82, 2.24) is 0 Å². The number of nitrogens with zero attached hydrogens (tertiary/aromatic N) is 1. The van der Waals surface area contributed by atoms with Crippen LogP contribution in [-0.4, -0.2) is 29.8 Å². The first kappa shape index (κ1) is 17.3. The lowest BCUT2D eigenvalue weighted by Gasteiger charge is -2.16. The third kappa shape index (κ3) is 2.83. The van der Waals surface area contributed by atoms with E-state index in [-0.39, 0.29) is 16.7 Å². The molecule has 2 aromatic rings. The van der Waals surface area contributed by atoms with Crippen molar-refractivity contribution in [2.24, 2.45) is 5.73 Å². The van der Waals surface area contributed by atoms with Crippen molar-refractivity contribution in [3.8, 4) is 0 Å². The predicted molar refractivity (Wildman–Crippen MR) is 92.8 cm³/mol. The first-order valence-corrected chi connectivity index (χ1v) is 7.90. The van der Waals surface area contributed by atoms with Gasteiger partial charge in [0.1, 0.15) is 0 Å². The summed E-state index contributed by atoms with van der Waals surface area (Å²) < 4.78 is 4.93. The highest BCUT2D eigenvalue weighted by molar-refractivity contribution is 6.34. The molecule has 0 radical (unpaired) electrons. The van der Waals surface area contributed by atoms with Gasteiger partial charge < -0.3 is 10.5 Å². The number of carbonyl (C=O) groups is 4. The van der Waals surface area contributed by atoms with Crippen LogP contribution in [0.5, 0.6) is 0 Å². The van der Waals surface area contributed by atoms with E-state index in [4.69, 9.17) is 10.5 Å². The highest BCUT2D eigenvalue weighted by atomic mass is 16.5. The second-order valence-corrected chi connectivity index (χ2v) is 5.94. The highest BCUT2D eigenvalue weighted by Crippen LogP contribution is 2.31. The molecular weight excluding hydrogens is 336 g/mol. The standard InChI is InChI=1S/C19H16N2O5/c1-10-5-3-4-6-15(10)21-17(23)13-8-7-12(9-14(13)18(21)24)19(25)26-11(2)16(20)22/h3-9,11H,1-2H3,(H2,20,22)/t11-/m0/s1. The lowest BCUT2D eigenvalue weighted by Crippen LogP contribution is -2.30. The van der Waals surface area contributed by atoms with Crippen molar-refractivity contribution in [3.63, 3.8) is 0 Å². The van der Waals surface area contributed by atoms with Crippen molar-refractivity contribution in [2.75, 3.05) is 4.90 Å². The molecule has 2 N–H and O–H groups in total. The van der Waals surface area contributed by atoms with Gasteiger partial charge in [-0.2, -0.15) is 0 Å². The third-order valence-electron chi connectivity index (χ3n) is 4.16. The molecule has 1 atom stereocenters. The largest absolute Gasteiger partial charge is 0.449 e. The number of benzene rings is 2. The van der Waals surface area contributed by atoms with Gasteiger partial charge in [-0.15, -0.1) is 0 Å². The number of hydrogen-bond acceptors (Lipinski definition) is 5. The molecule has 0 spiro atoms. The third-order valence-corrected chi connectivity index (χ3v) is 4.16. The van der Waals surface area contributed by atoms with Gasteiger partial charge in [0.05, 0.1) is 22.4 Å². The fraction of sp³-hybridized carbons (Fsp3) is 0.158. The molecule has 3 amide bonds. The normalized spacial score (nSPS) is 14.2. The van der Waals surface area contributed by atoms with E-state index in [1.165, 1.54) is 25.1 Å². The molecule has 3 rings (SSSR count). The van der Waals surface area contributed by atoms with Crippen LogP contribution in [0.4, 0.5) is 5.69 Å². The summed E-state index contributed by atoms with van der Waals surface area (Å²) in [6.45, 7) is 3.15. The van der Waals surface area contributed by atoms with Gasteiger partial charge in [-0.05, 0) is 43.7 Å². The maximum Gasteiger partial charge on any atom is 0.338 e. The first-order valence-electron chi connectivity index (χ1n) is 7.90. The Kier molecular flexibility index (Phi) is 4.29. The number of amides is 3. The van der Waals surface area contributed by atoms with E-state index >= 15 is 0 Å². The van der Waals surface area contributed by atoms with E-state index in [2.05, 4.69) is 0 Å². The van der Waals surface area contributed by atoms with Gasteiger partial charge in [0.15, 0.2) is 6.10 Å². The fourth-order valence-electron chi connectivity index (χ4n) is 2.69. The van der Waals surface area contributed by atoms with Gasteiger partial charge in [-0.3, -0.25) is 14.4 Å². The molecule has 1 aliphatic heterocycles. The van der Waals surface area contributed by atoms with Crippen LogP contribution in [0.1, 0.15) is 43.6 Å². The Morgan fingerprint density at radius 1 is 1.04 bits per heavy atom. The Bertz CT molecular complexity index is 951. The van der Waals surface area contributed by atoms with Gasteiger partial charge in [0.25, 0.3) is 17.7 Å². The summed E-state index contributed by atoms with van der Waals surface area (Å²) >= 11 is 0. The summed E-state index contributed by atoms with van der Waals surface area (Å²) in [6.07, 6.45) is -1.10. The van der Waals surface area contributed by atoms with Crippen molar-refractivity contribution in [3.05, 3.63) is 64.7 Å². The molecule has 2 aromatic carbocycles. The van der Waals surface area contributed by atoms with E-state index in [1.54, 1.807) is 25.1 Å². The maximum atomic E-state index is 12.7. The lowest BCUT2D eigenvalue weighted by molar-refractivity contribution is -0.125. The molecule has 7 nitrogen and oxygen atoms in total. The smallest absolute Gasteiger partial charge is 0.338 e. The van der Waals surface area contributed by atoms with Crippen LogP contribution < -0.4 is 10.6 Å². The van der Waals surface area contributed by atoms with Crippen LogP contribution in [0.15, 0.2) is 42.5 Å². The minimum Gasteiger partial charge on any atom is -0.449 e. The molecule has 0 aliphatic carbocycles. The Hall–Kier alpha value is -3.48. The number of carbonyl (C=O) groups excluding carboxylic acids is 4. The Balaban J connectivity index is 1.95. The number of ether oxygens (including phenoxy) is 1. The van der Waals surface area contributed by atoms with Crippen LogP contribution in [0.25, 0.3) is 0 Å². The molecule has 7 heteroatoms. The number of para-hydroxylation sites is 1. The molecule has 0 fully saturated rings. The summed E-state index contributed by atoms with van der Waals surface area (Å²) in [5.74, 6) is -2.55. The van der Waals surface area contributed by atoms with E-state index in [0.717, 1.165) is 10.5 Å². The van der Waals surface area contributed by atoms with Crippen molar-refractivity contribution < 1.29 is 23.9 Å². The average molecular weight is 352 g/mol. The van der Waals surface area contributed by atoms with Crippen LogP contribution in [0.3, 0.4) is 0 Å². The molecule has 26 heavy (non-hydrogen) atoms. The Morgan fingerprint density at radius 2 is 1.69 bits per heavy atom. The van der Waals surface area contributed by atoms with E-state index in [0.29, 0.717) is 5.69 Å². The Labute approximate surface area is 149 Å². The number of anilines is 1. The van der Waals surface area contributed by atoms with Gasteiger partial charge >= 0.3 is 5.97 Å². The maximum absolute atomic E-state index is 12.7. The summed E-state index contributed by atoms with van der Waals surface area (Å²) in [5, 5.41) is 0. The van der Waals surface area contributed by atoms with Crippen molar-refractivity contribution in [1.29, 1.82) is 0 Å². The monoisotopic (exact) mass is 352 g/mol. The quantitative estimate of drug-likeness (QED) is 0.667. The molecular formula is C19H16N2O5. The molecule has 0 aromatic heterocycles. The highest BCUT2D eigenvalue weighted by Gasteiger charge is 2.37. The van der Waals surface area contributed by atoms with Gasteiger partial charge in [0, 0.05) is 0 Å². The minimum absolute atomic E-state index is 0.0598. The summed E-state index contributed by atoms with van der Waals surface area (Å²) in [6, 6.07) is 11.1. The van der Waals surface area contributed by atoms with Gasteiger partial charge in [0.2, 0.25) is 0 Å². The number of primary amides is 1. The van der Waals surface area contributed by atoms with Crippen LogP contribution in [0, 0.1) is 6.92 Å². The zero-order valence-corrected chi connectivity index (χ0v) is 14.2. The molecule has 0 bridgehead atoms. The van der Waals surface area contributed by atoms with E-state index < -0.39 is 29.8 Å². The second-order valence-electron chi connectivity index (χ2n) is 5.94.